The molecule has 3 nitrogen and oxygen atoms in total. The second kappa shape index (κ2) is 6.34. The summed E-state index contributed by atoms with van der Waals surface area (Å²) >= 11 is 1.73. The van der Waals surface area contributed by atoms with Crippen molar-refractivity contribution in [1.82, 2.24) is 4.90 Å². The monoisotopic (exact) mass is 268 g/mol. The van der Waals surface area contributed by atoms with Gasteiger partial charge in [-0.2, -0.15) is 0 Å². The Morgan fingerprint density at radius 1 is 1.61 bits per heavy atom. The van der Waals surface area contributed by atoms with Crippen molar-refractivity contribution < 1.29 is 4.79 Å². The molecule has 0 saturated carbocycles. The van der Waals surface area contributed by atoms with Crippen LogP contribution in [0.1, 0.15) is 38.5 Å². The molecular formula is C14H24N2OS. The second-order valence-corrected chi connectivity index (χ2v) is 6.25. The van der Waals surface area contributed by atoms with Crippen LogP contribution in [0.4, 0.5) is 0 Å². The van der Waals surface area contributed by atoms with Crippen LogP contribution in [0.15, 0.2) is 17.5 Å². The lowest BCUT2D eigenvalue weighted by atomic mass is 9.95. The van der Waals surface area contributed by atoms with Crippen LogP contribution < -0.4 is 5.73 Å². The van der Waals surface area contributed by atoms with Crippen molar-refractivity contribution >= 4 is 17.2 Å². The summed E-state index contributed by atoms with van der Waals surface area (Å²) in [6, 6.07) is 4.32. The van der Waals surface area contributed by atoms with Crippen LogP contribution >= 0.6 is 11.3 Å². The summed E-state index contributed by atoms with van der Waals surface area (Å²) in [5, 5.41) is 2.06. The van der Waals surface area contributed by atoms with Crippen LogP contribution in [-0.4, -0.2) is 29.4 Å². The Hall–Kier alpha value is -0.870. The van der Waals surface area contributed by atoms with E-state index in [-0.39, 0.29) is 11.9 Å². The quantitative estimate of drug-likeness (QED) is 0.862. The van der Waals surface area contributed by atoms with Gasteiger partial charge in [-0.25, -0.2) is 0 Å². The molecule has 2 unspecified atom stereocenters. The van der Waals surface area contributed by atoms with E-state index in [0.29, 0.717) is 0 Å². The van der Waals surface area contributed by atoms with Gasteiger partial charge in [0, 0.05) is 24.4 Å². The summed E-state index contributed by atoms with van der Waals surface area (Å²) in [4.78, 5) is 15.4. The third-order valence-corrected chi connectivity index (χ3v) is 4.21. The molecule has 0 bridgehead atoms. The molecule has 2 atom stereocenters. The maximum Gasteiger partial charge on any atom is 0.242 e. The Bertz CT molecular complexity index is 373. The number of carbonyl (C=O) groups excluding carboxylic acids is 1. The van der Waals surface area contributed by atoms with E-state index >= 15 is 0 Å². The highest BCUT2D eigenvalue weighted by molar-refractivity contribution is 7.09. The molecule has 0 saturated heterocycles. The molecule has 18 heavy (non-hydrogen) atoms. The maximum absolute atomic E-state index is 12.3. The van der Waals surface area contributed by atoms with Crippen LogP contribution in [0.3, 0.4) is 0 Å². The van der Waals surface area contributed by atoms with Crippen molar-refractivity contribution in [2.24, 2.45) is 5.73 Å². The number of likely N-dealkylation sites (N-methyl/N-ethyl adjacent to an activating group) is 1. The third-order valence-electron chi connectivity index (χ3n) is 3.32. The Morgan fingerprint density at radius 2 is 2.28 bits per heavy atom. The number of rotatable bonds is 6. The average Bonchev–Trinajstić information content (AvgIpc) is 2.79. The van der Waals surface area contributed by atoms with Crippen LogP contribution in [0, 0.1) is 0 Å². The molecule has 0 aliphatic carbocycles. The zero-order chi connectivity index (χ0) is 13.8. The molecule has 1 rings (SSSR count). The summed E-state index contributed by atoms with van der Waals surface area (Å²) < 4.78 is 0. The van der Waals surface area contributed by atoms with Crippen LogP contribution in [0.5, 0.6) is 0 Å². The number of thiophene rings is 1. The summed E-state index contributed by atoms with van der Waals surface area (Å²) in [5.74, 6) is 0.0356. The van der Waals surface area contributed by atoms with E-state index in [4.69, 9.17) is 5.73 Å². The number of hydrogen-bond donors (Lipinski definition) is 1. The minimum atomic E-state index is -0.743. The molecule has 0 spiro atoms. The van der Waals surface area contributed by atoms with Gasteiger partial charge >= 0.3 is 0 Å². The lowest BCUT2D eigenvalue weighted by molar-refractivity contribution is -0.137. The van der Waals surface area contributed by atoms with Gasteiger partial charge in [0.25, 0.3) is 0 Å². The number of amides is 1. The fourth-order valence-corrected chi connectivity index (χ4v) is 2.91. The molecule has 1 aromatic rings. The first-order chi connectivity index (χ1) is 8.38. The van der Waals surface area contributed by atoms with Gasteiger partial charge in [-0.1, -0.05) is 19.4 Å². The normalized spacial score (nSPS) is 16.1. The first-order valence-electron chi connectivity index (χ1n) is 6.47. The molecule has 0 aliphatic heterocycles. The lowest BCUT2D eigenvalue weighted by Gasteiger charge is -2.32. The molecule has 1 amide bonds. The van der Waals surface area contributed by atoms with Gasteiger partial charge < -0.3 is 10.6 Å². The minimum Gasteiger partial charge on any atom is -0.341 e. The van der Waals surface area contributed by atoms with E-state index in [2.05, 4.69) is 18.4 Å². The predicted octanol–water partition coefficient (Wildman–Crippen LogP) is 2.66. The van der Waals surface area contributed by atoms with Crippen molar-refractivity contribution in [3.05, 3.63) is 22.4 Å². The second-order valence-electron chi connectivity index (χ2n) is 5.22. The van der Waals surface area contributed by atoms with Crippen molar-refractivity contribution in [2.45, 2.75) is 51.6 Å². The van der Waals surface area contributed by atoms with Crippen molar-refractivity contribution in [3.8, 4) is 0 Å². The summed E-state index contributed by atoms with van der Waals surface area (Å²) in [6.07, 6.45) is 2.54. The van der Waals surface area contributed by atoms with Gasteiger partial charge in [0.05, 0.1) is 5.54 Å². The highest BCUT2D eigenvalue weighted by Gasteiger charge is 2.32. The minimum absolute atomic E-state index is 0.0356. The molecule has 1 aromatic heterocycles. The third kappa shape index (κ3) is 3.82. The molecule has 0 aromatic carbocycles. The summed E-state index contributed by atoms with van der Waals surface area (Å²) in [7, 11) is 1.85. The van der Waals surface area contributed by atoms with Crippen LogP contribution in [-0.2, 0) is 11.2 Å². The van der Waals surface area contributed by atoms with E-state index < -0.39 is 5.54 Å². The van der Waals surface area contributed by atoms with E-state index in [1.807, 2.05) is 27.0 Å². The summed E-state index contributed by atoms with van der Waals surface area (Å²) in [5.41, 5.74) is 5.35. The molecule has 4 heteroatoms. The van der Waals surface area contributed by atoms with Gasteiger partial charge in [-0.3, -0.25) is 4.79 Å². The van der Waals surface area contributed by atoms with E-state index in [0.717, 1.165) is 19.3 Å². The smallest absolute Gasteiger partial charge is 0.242 e. The highest BCUT2D eigenvalue weighted by atomic mass is 32.1. The van der Waals surface area contributed by atoms with Gasteiger partial charge in [0.15, 0.2) is 0 Å². The van der Waals surface area contributed by atoms with Gasteiger partial charge in [-0.05, 0) is 31.7 Å². The van der Waals surface area contributed by atoms with E-state index in [9.17, 15) is 4.79 Å². The molecule has 0 aliphatic rings. The molecule has 2 N–H and O–H groups in total. The fourth-order valence-electron chi connectivity index (χ4n) is 2.09. The zero-order valence-corrected chi connectivity index (χ0v) is 12.6. The van der Waals surface area contributed by atoms with Crippen molar-refractivity contribution in [3.63, 3.8) is 0 Å². The number of hydrogen-bond acceptors (Lipinski definition) is 3. The topological polar surface area (TPSA) is 46.3 Å². The van der Waals surface area contributed by atoms with Gasteiger partial charge in [-0.15, -0.1) is 11.3 Å². The molecule has 0 fully saturated rings. The van der Waals surface area contributed by atoms with Crippen molar-refractivity contribution in [2.75, 3.05) is 7.05 Å². The molecule has 1 heterocycles. The van der Waals surface area contributed by atoms with Crippen LogP contribution in [0.2, 0.25) is 0 Å². The van der Waals surface area contributed by atoms with Crippen LogP contribution in [0.25, 0.3) is 0 Å². The zero-order valence-electron chi connectivity index (χ0n) is 11.8. The SMILES string of the molecule is CCCC(C)(N)C(=O)N(C)C(C)Cc1cccs1. The standard InChI is InChI=1S/C14H24N2OS/c1-5-8-14(3,15)13(17)16(4)11(2)10-12-7-6-9-18-12/h6-7,9,11H,5,8,10,15H2,1-4H3. The lowest BCUT2D eigenvalue weighted by Crippen LogP contribution is -2.54. The number of nitrogens with zero attached hydrogens (tertiary/aromatic N) is 1. The van der Waals surface area contributed by atoms with E-state index in [1.54, 1.807) is 16.2 Å². The molecule has 102 valence electrons. The fraction of sp³-hybridized carbons (Fsp3) is 0.643. The Balaban J connectivity index is 2.62. The molecular weight excluding hydrogens is 244 g/mol. The molecule has 0 radical (unpaired) electrons. The summed E-state index contributed by atoms with van der Waals surface area (Å²) in [6.45, 7) is 5.94. The number of nitrogens with two attached hydrogens (primary N) is 1. The Morgan fingerprint density at radius 3 is 2.78 bits per heavy atom. The maximum atomic E-state index is 12.3. The van der Waals surface area contributed by atoms with Crippen molar-refractivity contribution in [1.29, 1.82) is 0 Å². The van der Waals surface area contributed by atoms with Gasteiger partial charge in [0.1, 0.15) is 0 Å². The predicted molar refractivity (Wildman–Crippen MR) is 77.8 cm³/mol. The Kier molecular flexibility index (Phi) is 5.35. The first-order valence-corrected chi connectivity index (χ1v) is 7.35. The first kappa shape index (κ1) is 15.2. The average molecular weight is 268 g/mol. The van der Waals surface area contributed by atoms with E-state index in [1.165, 1.54) is 4.88 Å². The number of carbonyl (C=O) groups is 1. The highest BCUT2D eigenvalue weighted by Crippen LogP contribution is 2.17. The largest absolute Gasteiger partial charge is 0.341 e. The van der Waals surface area contributed by atoms with Gasteiger partial charge in [0.2, 0.25) is 5.91 Å². The Labute approximate surface area is 114 Å².